The van der Waals surface area contributed by atoms with Crippen molar-refractivity contribution in [3.05, 3.63) is 5.28 Å². The van der Waals surface area contributed by atoms with Crippen molar-refractivity contribution >= 4 is 23.5 Å². The molecule has 0 radical (unpaired) electrons. The van der Waals surface area contributed by atoms with E-state index in [9.17, 15) is 0 Å². The van der Waals surface area contributed by atoms with E-state index in [0.717, 1.165) is 39.1 Å². The molecule has 0 bridgehead atoms. The lowest BCUT2D eigenvalue weighted by Gasteiger charge is -2.22. The van der Waals surface area contributed by atoms with Crippen LogP contribution in [-0.4, -0.2) is 78.4 Å². The number of aromatic nitrogens is 3. The minimum atomic E-state index is 0.197. The first kappa shape index (κ1) is 15.2. The van der Waals surface area contributed by atoms with Crippen LogP contribution in [0, 0.1) is 0 Å². The van der Waals surface area contributed by atoms with Crippen LogP contribution in [0.3, 0.4) is 0 Å². The van der Waals surface area contributed by atoms with Gasteiger partial charge in [-0.1, -0.05) is 0 Å². The van der Waals surface area contributed by atoms with E-state index in [1.165, 1.54) is 0 Å². The van der Waals surface area contributed by atoms with E-state index in [0.29, 0.717) is 11.9 Å². The van der Waals surface area contributed by atoms with Crippen LogP contribution in [0.5, 0.6) is 0 Å². The number of rotatable bonds is 4. The van der Waals surface area contributed by atoms with Crippen LogP contribution >= 0.6 is 11.6 Å². The molecule has 1 aliphatic rings. The second-order valence-corrected chi connectivity index (χ2v) is 5.34. The van der Waals surface area contributed by atoms with Crippen molar-refractivity contribution in [2.45, 2.75) is 6.42 Å². The van der Waals surface area contributed by atoms with Crippen LogP contribution in [0.4, 0.5) is 11.9 Å². The average Bonchev–Trinajstić information content (AvgIpc) is 2.64. The molecule has 112 valence electrons. The zero-order valence-electron chi connectivity index (χ0n) is 12.0. The van der Waals surface area contributed by atoms with Gasteiger partial charge in [0.2, 0.25) is 17.2 Å². The minimum Gasteiger partial charge on any atom is -0.395 e. The molecule has 0 spiro atoms. The second-order valence-electron chi connectivity index (χ2n) is 5.00. The van der Waals surface area contributed by atoms with Gasteiger partial charge in [0.15, 0.2) is 0 Å². The highest BCUT2D eigenvalue weighted by Gasteiger charge is 2.18. The Morgan fingerprint density at radius 3 is 2.65 bits per heavy atom. The number of aliphatic hydroxyl groups excluding tert-OH is 1. The Kier molecular flexibility index (Phi) is 5.33. The highest BCUT2D eigenvalue weighted by molar-refractivity contribution is 6.28. The third-order valence-corrected chi connectivity index (χ3v) is 3.44. The molecule has 8 heteroatoms. The standard InChI is InChI=1S/C12H21ClN6O/c1-17(2)11-14-10(13)15-12(16-11)19-5-3-4-18(6-7-19)8-9-20/h20H,3-9H2,1-2H3. The highest BCUT2D eigenvalue weighted by atomic mass is 35.5. The van der Waals surface area contributed by atoms with Crippen LogP contribution in [-0.2, 0) is 0 Å². The summed E-state index contributed by atoms with van der Waals surface area (Å²) in [4.78, 5) is 18.9. The predicted octanol–water partition coefficient (Wildman–Crippen LogP) is 0.0954. The summed E-state index contributed by atoms with van der Waals surface area (Å²) >= 11 is 5.97. The minimum absolute atomic E-state index is 0.197. The first-order chi connectivity index (χ1) is 9.60. The van der Waals surface area contributed by atoms with Gasteiger partial charge in [0.25, 0.3) is 0 Å². The number of anilines is 2. The van der Waals surface area contributed by atoms with E-state index < -0.39 is 0 Å². The fourth-order valence-electron chi connectivity index (χ4n) is 2.21. The third kappa shape index (κ3) is 3.91. The molecule has 0 atom stereocenters. The van der Waals surface area contributed by atoms with Gasteiger partial charge in [0.05, 0.1) is 6.61 Å². The molecule has 2 heterocycles. The van der Waals surface area contributed by atoms with Crippen molar-refractivity contribution in [2.24, 2.45) is 0 Å². The third-order valence-electron chi connectivity index (χ3n) is 3.27. The SMILES string of the molecule is CN(C)c1nc(Cl)nc(N2CCCN(CCO)CC2)n1. The number of β-amino-alcohol motifs (C(OH)–C–C–N with tert-alkyl or cyclic N) is 1. The lowest BCUT2D eigenvalue weighted by molar-refractivity contribution is 0.204. The van der Waals surface area contributed by atoms with Crippen LogP contribution < -0.4 is 9.80 Å². The van der Waals surface area contributed by atoms with Crippen molar-refractivity contribution in [1.29, 1.82) is 0 Å². The van der Waals surface area contributed by atoms with Gasteiger partial charge >= 0.3 is 0 Å². The van der Waals surface area contributed by atoms with Gasteiger partial charge < -0.3 is 14.9 Å². The Morgan fingerprint density at radius 2 is 1.95 bits per heavy atom. The molecule has 7 nitrogen and oxygen atoms in total. The van der Waals surface area contributed by atoms with Crippen molar-refractivity contribution in [1.82, 2.24) is 19.9 Å². The van der Waals surface area contributed by atoms with Gasteiger partial charge in [-0.15, -0.1) is 0 Å². The summed E-state index contributed by atoms with van der Waals surface area (Å²) < 4.78 is 0. The summed E-state index contributed by atoms with van der Waals surface area (Å²) in [7, 11) is 3.75. The van der Waals surface area contributed by atoms with Crippen molar-refractivity contribution in [3.8, 4) is 0 Å². The van der Waals surface area contributed by atoms with Crippen molar-refractivity contribution in [2.75, 3.05) is 63.2 Å². The van der Waals surface area contributed by atoms with E-state index in [1.807, 2.05) is 19.0 Å². The second kappa shape index (κ2) is 7.01. The molecule has 0 amide bonds. The van der Waals surface area contributed by atoms with Gasteiger partial charge in [-0.2, -0.15) is 15.0 Å². The highest BCUT2D eigenvalue weighted by Crippen LogP contribution is 2.16. The quantitative estimate of drug-likeness (QED) is 0.845. The van der Waals surface area contributed by atoms with E-state index in [2.05, 4.69) is 24.8 Å². The lowest BCUT2D eigenvalue weighted by Crippen LogP contribution is -2.33. The fourth-order valence-corrected chi connectivity index (χ4v) is 2.36. The Morgan fingerprint density at radius 1 is 1.15 bits per heavy atom. The summed E-state index contributed by atoms with van der Waals surface area (Å²) in [5.41, 5.74) is 0. The maximum absolute atomic E-state index is 9.02. The van der Waals surface area contributed by atoms with Crippen LogP contribution in [0.1, 0.15) is 6.42 Å². The topological polar surface area (TPSA) is 68.6 Å². The van der Waals surface area contributed by atoms with Crippen LogP contribution in [0.2, 0.25) is 5.28 Å². The molecule has 1 aliphatic heterocycles. The summed E-state index contributed by atoms with van der Waals surface area (Å²) in [6.07, 6.45) is 1.01. The maximum Gasteiger partial charge on any atom is 0.231 e. The molecule has 2 rings (SSSR count). The number of hydrogen-bond acceptors (Lipinski definition) is 7. The molecule has 0 saturated carbocycles. The largest absolute Gasteiger partial charge is 0.395 e. The molecular weight excluding hydrogens is 280 g/mol. The Hall–Kier alpha value is -1.18. The molecule has 0 unspecified atom stereocenters. The monoisotopic (exact) mass is 300 g/mol. The lowest BCUT2D eigenvalue weighted by atomic mass is 10.4. The summed E-state index contributed by atoms with van der Waals surface area (Å²) in [6.45, 7) is 4.50. The smallest absolute Gasteiger partial charge is 0.231 e. The summed E-state index contributed by atoms with van der Waals surface area (Å²) in [6, 6.07) is 0. The average molecular weight is 301 g/mol. The van der Waals surface area contributed by atoms with E-state index in [1.54, 1.807) is 0 Å². The zero-order valence-corrected chi connectivity index (χ0v) is 12.7. The van der Waals surface area contributed by atoms with Crippen LogP contribution in [0.25, 0.3) is 0 Å². The summed E-state index contributed by atoms with van der Waals surface area (Å²) in [5.74, 6) is 1.19. The summed E-state index contributed by atoms with van der Waals surface area (Å²) in [5, 5.41) is 9.23. The molecule has 0 aromatic carbocycles. The normalized spacial score (nSPS) is 17.1. The molecule has 1 N–H and O–H groups in total. The molecule has 0 aliphatic carbocycles. The maximum atomic E-state index is 9.02. The fraction of sp³-hybridized carbons (Fsp3) is 0.750. The molecule has 20 heavy (non-hydrogen) atoms. The predicted molar refractivity (Wildman–Crippen MR) is 79.5 cm³/mol. The van der Waals surface area contributed by atoms with Crippen molar-refractivity contribution in [3.63, 3.8) is 0 Å². The molecule has 1 fully saturated rings. The van der Waals surface area contributed by atoms with E-state index >= 15 is 0 Å². The molecule has 1 aromatic heterocycles. The Labute approximate surface area is 124 Å². The molecule has 1 saturated heterocycles. The number of nitrogens with zero attached hydrogens (tertiary/aromatic N) is 6. The Bertz CT molecular complexity index is 444. The zero-order chi connectivity index (χ0) is 14.5. The van der Waals surface area contributed by atoms with Crippen LogP contribution in [0.15, 0.2) is 0 Å². The van der Waals surface area contributed by atoms with Gasteiger partial charge in [-0.3, -0.25) is 4.90 Å². The van der Waals surface area contributed by atoms with Gasteiger partial charge in [-0.25, -0.2) is 0 Å². The van der Waals surface area contributed by atoms with Gasteiger partial charge in [-0.05, 0) is 24.6 Å². The Balaban J connectivity index is 2.11. The molecule has 1 aromatic rings. The number of halogens is 1. The first-order valence-corrected chi connectivity index (χ1v) is 7.15. The van der Waals surface area contributed by atoms with Gasteiger partial charge in [0.1, 0.15) is 0 Å². The van der Waals surface area contributed by atoms with Gasteiger partial charge in [0, 0.05) is 40.3 Å². The number of hydrogen-bond donors (Lipinski definition) is 1. The number of aliphatic hydroxyl groups is 1. The first-order valence-electron chi connectivity index (χ1n) is 6.77. The van der Waals surface area contributed by atoms with Crippen molar-refractivity contribution < 1.29 is 5.11 Å². The van der Waals surface area contributed by atoms with E-state index in [-0.39, 0.29) is 11.9 Å². The molecular formula is C12H21ClN6O. The van der Waals surface area contributed by atoms with E-state index in [4.69, 9.17) is 16.7 Å².